The van der Waals surface area contributed by atoms with Gasteiger partial charge < -0.3 is 25.2 Å². The van der Waals surface area contributed by atoms with Crippen LogP contribution in [0.4, 0.5) is 0 Å². The standard InChI is InChI=1S/C19H34N2O6S/c1-6-13(22)11-15(24)28-10-9-20-14(23)7-8-21-17(25)16-18(2,3)12-26-19(4,5)27-16/h13,16,22H,6-12H2,1-5H3,(H,20,23)(H,21,25)/t13-,16+/m1/s1. The predicted molar refractivity (Wildman–Crippen MR) is 108 cm³/mol. The monoisotopic (exact) mass is 418 g/mol. The molecule has 0 aromatic rings. The molecule has 1 saturated heterocycles. The van der Waals surface area contributed by atoms with Gasteiger partial charge >= 0.3 is 0 Å². The van der Waals surface area contributed by atoms with Gasteiger partial charge in [-0.3, -0.25) is 14.4 Å². The van der Waals surface area contributed by atoms with Gasteiger partial charge in [-0.05, 0) is 20.3 Å². The predicted octanol–water partition coefficient (Wildman–Crippen LogP) is 1.21. The highest BCUT2D eigenvalue weighted by Crippen LogP contribution is 2.34. The number of hydrogen-bond donors (Lipinski definition) is 3. The average Bonchev–Trinajstić information content (AvgIpc) is 2.60. The minimum absolute atomic E-state index is 0.0853. The van der Waals surface area contributed by atoms with Crippen LogP contribution in [0, 0.1) is 5.41 Å². The first-order chi connectivity index (χ1) is 13.0. The smallest absolute Gasteiger partial charge is 0.249 e. The van der Waals surface area contributed by atoms with E-state index in [1.165, 1.54) is 0 Å². The Balaban J connectivity index is 2.23. The molecule has 162 valence electrons. The summed E-state index contributed by atoms with van der Waals surface area (Å²) in [5.41, 5.74) is -0.461. The van der Waals surface area contributed by atoms with E-state index < -0.39 is 23.4 Å². The van der Waals surface area contributed by atoms with Gasteiger partial charge in [0, 0.05) is 37.1 Å². The van der Waals surface area contributed by atoms with Gasteiger partial charge in [0.05, 0.1) is 12.7 Å². The van der Waals surface area contributed by atoms with Gasteiger partial charge in [0.1, 0.15) is 6.10 Å². The van der Waals surface area contributed by atoms with Crippen LogP contribution in [0.3, 0.4) is 0 Å². The zero-order chi connectivity index (χ0) is 21.4. The molecule has 28 heavy (non-hydrogen) atoms. The van der Waals surface area contributed by atoms with E-state index in [1.807, 2.05) is 20.8 Å². The van der Waals surface area contributed by atoms with Gasteiger partial charge in [-0.15, -0.1) is 0 Å². The van der Waals surface area contributed by atoms with E-state index in [4.69, 9.17) is 9.47 Å². The third-order valence-electron chi connectivity index (χ3n) is 4.35. The zero-order valence-electron chi connectivity index (χ0n) is 17.5. The van der Waals surface area contributed by atoms with E-state index in [2.05, 4.69) is 10.6 Å². The summed E-state index contributed by atoms with van der Waals surface area (Å²) in [6.45, 7) is 10.1. The fourth-order valence-electron chi connectivity index (χ4n) is 2.55. The first-order valence-electron chi connectivity index (χ1n) is 9.66. The topological polar surface area (TPSA) is 114 Å². The Morgan fingerprint density at radius 2 is 1.86 bits per heavy atom. The Bertz CT molecular complexity index is 553. The lowest BCUT2D eigenvalue weighted by molar-refractivity contribution is -0.304. The van der Waals surface area contributed by atoms with Gasteiger partial charge in [-0.2, -0.15) is 0 Å². The Hall–Kier alpha value is -1.16. The summed E-state index contributed by atoms with van der Waals surface area (Å²) < 4.78 is 11.4. The maximum absolute atomic E-state index is 12.4. The number of aliphatic hydroxyl groups excluding tert-OH is 1. The molecule has 0 aromatic carbocycles. The van der Waals surface area contributed by atoms with Crippen molar-refractivity contribution >= 4 is 28.7 Å². The highest BCUT2D eigenvalue weighted by atomic mass is 32.2. The van der Waals surface area contributed by atoms with Crippen molar-refractivity contribution in [2.24, 2.45) is 5.41 Å². The summed E-state index contributed by atoms with van der Waals surface area (Å²) in [5, 5.41) is 14.8. The summed E-state index contributed by atoms with van der Waals surface area (Å²) in [7, 11) is 0. The second-order valence-corrected chi connectivity index (χ2v) is 9.20. The molecule has 1 rings (SSSR count). The maximum atomic E-state index is 12.4. The van der Waals surface area contributed by atoms with Crippen LogP contribution >= 0.6 is 11.8 Å². The fraction of sp³-hybridized carbons (Fsp3) is 0.842. The minimum Gasteiger partial charge on any atom is -0.393 e. The van der Waals surface area contributed by atoms with E-state index in [1.54, 1.807) is 13.8 Å². The van der Waals surface area contributed by atoms with E-state index in [0.29, 0.717) is 25.3 Å². The van der Waals surface area contributed by atoms with Crippen molar-refractivity contribution in [1.82, 2.24) is 10.6 Å². The average molecular weight is 419 g/mol. The molecule has 0 aliphatic carbocycles. The number of rotatable bonds is 10. The Kier molecular flexibility index (Phi) is 9.89. The van der Waals surface area contributed by atoms with Crippen LogP contribution in [-0.4, -0.2) is 65.5 Å². The largest absolute Gasteiger partial charge is 0.393 e. The lowest BCUT2D eigenvalue weighted by atomic mass is 9.85. The molecule has 8 nitrogen and oxygen atoms in total. The molecular formula is C19H34N2O6S. The van der Waals surface area contributed by atoms with E-state index in [-0.39, 0.29) is 36.3 Å². The van der Waals surface area contributed by atoms with E-state index >= 15 is 0 Å². The summed E-state index contributed by atoms with van der Waals surface area (Å²) in [6.07, 6.45) is -0.440. The summed E-state index contributed by atoms with van der Waals surface area (Å²) in [5.74, 6) is -0.830. The first-order valence-corrected chi connectivity index (χ1v) is 10.7. The molecule has 9 heteroatoms. The number of thioether (sulfide) groups is 1. The highest BCUT2D eigenvalue weighted by Gasteiger charge is 2.45. The molecule has 0 bridgehead atoms. The number of nitrogens with one attached hydrogen (secondary N) is 2. The molecular weight excluding hydrogens is 384 g/mol. The van der Waals surface area contributed by atoms with Crippen molar-refractivity contribution in [2.75, 3.05) is 25.4 Å². The number of aliphatic hydroxyl groups is 1. The molecule has 2 atom stereocenters. The highest BCUT2D eigenvalue weighted by molar-refractivity contribution is 8.13. The third kappa shape index (κ3) is 8.89. The number of carbonyl (C=O) groups excluding carboxylic acids is 3. The fourth-order valence-corrected chi connectivity index (χ4v) is 3.29. The van der Waals surface area contributed by atoms with Crippen LogP contribution in [0.5, 0.6) is 0 Å². The van der Waals surface area contributed by atoms with Crippen LogP contribution in [0.2, 0.25) is 0 Å². The van der Waals surface area contributed by atoms with Crippen LogP contribution in [-0.2, 0) is 23.9 Å². The molecule has 0 aromatic heterocycles. The van der Waals surface area contributed by atoms with E-state index in [9.17, 15) is 19.5 Å². The Labute approximate surface area is 171 Å². The Morgan fingerprint density at radius 3 is 2.50 bits per heavy atom. The molecule has 0 saturated carbocycles. The second kappa shape index (κ2) is 11.1. The van der Waals surface area contributed by atoms with Crippen LogP contribution in [0.25, 0.3) is 0 Å². The van der Waals surface area contributed by atoms with Gasteiger partial charge in [0.15, 0.2) is 10.9 Å². The maximum Gasteiger partial charge on any atom is 0.249 e. The molecule has 0 radical (unpaired) electrons. The molecule has 1 heterocycles. The van der Waals surface area contributed by atoms with Crippen LogP contribution < -0.4 is 10.6 Å². The molecule has 3 N–H and O–H groups in total. The second-order valence-electron chi connectivity index (χ2n) is 8.05. The SMILES string of the molecule is CC[C@@H](O)CC(=O)SCCNC(=O)CCNC(=O)[C@@H]1OC(C)(C)OCC1(C)C. The van der Waals surface area contributed by atoms with Gasteiger partial charge in [-0.25, -0.2) is 0 Å². The van der Waals surface area contributed by atoms with Gasteiger partial charge in [-0.1, -0.05) is 32.5 Å². The molecule has 1 aliphatic heterocycles. The number of hydrogen-bond acceptors (Lipinski definition) is 7. The molecule has 2 amide bonds. The number of carbonyl (C=O) groups is 3. The molecule has 1 fully saturated rings. The Morgan fingerprint density at radius 1 is 1.18 bits per heavy atom. The number of amides is 2. The summed E-state index contributed by atoms with van der Waals surface area (Å²) in [4.78, 5) is 35.9. The van der Waals surface area contributed by atoms with Crippen molar-refractivity contribution in [3.05, 3.63) is 0 Å². The lowest BCUT2D eigenvalue weighted by Gasteiger charge is -2.44. The van der Waals surface area contributed by atoms with Gasteiger partial charge in [0.2, 0.25) is 11.8 Å². The lowest BCUT2D eigenvalue weighted by Crippen LogP contribution is -2.56. The van der Waals surface area contributed by atoms with Crippen molar-refractivity contribution in [3.8, 4) is 0 Å². The van der Waals surface area contributed by atoms with Crippen LogP contribution in [0.1, 0.15) is 53.9 Å². The van der Waals surface area contributed by atoms with Crippen molar-refractivity contribution < 1.29 is 29.0 Å². The van der Waals surface area contributed by atoms with Crippen molar-refractivity contribution in [1.29, 1.82) is 0 Å². The third-order valence-corrected chi connectivity index (χ3v) is 5.25. The minimum atomic E-state index is -0.822. The van der Waals surface area contributed by atoms with Crippen LogP contribution in [0.15, 0.2) is 0 Å². The molecule has 0 spiro atoms. The normalized spacial score (nSPS) is 21.6. The molecule has 0 unspecified atom stereocenters. The summed E-state index contributed by atoms with van der Waals surface area (Å²) in [6, 6.07) is 0. The quantitative estimate of drug-likeness (QED) is 0.457. The van der Waals surface area contributed by atoms with E-state index in [0.717, 1.165) is 11.8 Å². The first kappa shape index (κ1) is 24.9. The van der Waals surface area contributed by atoms with Crippen molar-refractivity contribution in [3.63, 3.8) is 0 Å². The summed E-state index contributed by atoms with van der Waals surface area (Å²) >= 11 is 1.10. The van der Waals surface area contributed by atoms with Gasteiger partial charge in [0.25, 0.3) is 0 Å². The zero-order valence-corrected chi connectivity index (χ0v) is 18.3. The molecule has 1 aliphatic rings. The van der Waals surface area contributed by atoms with Crippen molar-refractivity contribution in [2.45, 2.75) is 71.9 Å². The number of ether oxygens (including phenoxy) is 2.